The summed E-state index contributed by atoms with van der Waals surface area (Å²) in [6.45, 7) is 0.985. The molecule has 1 heterocycles. The molecule has 2 nitrogen and oxygen atoms in total. The first-order valence-electron chi connectivity index (χ1n) is 8.22. The number of hydrogen-bond acceptors (Lipinski definition) is 2. The van der Waals surface area contributed by atoms with Crippen LogP contribution >= 0.6 is 0 Å². The molecule has 1 saturated heterocycles. The lowest BCUT2D eigenvalue weighted by molar-refractivity contribution is 0.101. The van der Waals surface area contributed by atoms with Crippen molar-refractivity contribution in [2.45, 2.75) is 89.2 Å². The van der Waals surface area contributed by atoms with Crippen molar-refractivity contribution < 1.29 is 4.74 Å². The molecule has 18 heavy (non-hydrogen) atoms. The minimum absolute atomic E-state index is 0.438. The molecule has 0 aromatic rings. The Morgan fingerprint density at radius 1 is 0.944 bits per heavy atom. The second-order valence-electron chi connectivity index (χ2n) is 6.41. The largest absolute Gasteiger partial charge is 0.378 e. The lowest BCUT2D eigenvalue weighted by atomic mass is 9.85. The molecule has 2 rings (SSSR count). The fourth-order valence-electron chi connectivity index (χ4n) is 3.55. The van der Waals surface area contributed by atoms with Crippen molar-refractivity contribution in [3.8, 4) is 0 Å². The van der Waals surface area contributed by atoms with Crippen LogP contribution in [-0.4, -0.2) is 18.8 Å². The van der Waals surface area contributed by atoms with E-state index in [0.717, 1.165) is 12.5 Å². The van der Waals surface area contributed by atoms with E-state index in [1.165, 1.54) is 77.0 Å². The number of rotatable bonds is 7. The normalized spacial score (nSPS) is 27.5. The van der Waals surface area contributed by atoms with Crippen molar-refractivity contribution in [2.24, 2.45) is 11.7 Å². The Labute approximate surface area is 113 Å². The fraction of sp³-hybridized carbons (Fsp3) is 1.00. The van der Waals surface area contributed by atoms with E-state index in [1.807, 2.05) is 0 Å². The van der Waals surface area contributed by atoms with Gasteiger partial charge in [0.15, 0.2) is 0 Å². The SMILES string of the molecule is NC(CCCC1CCCO1)CCC1CCCCC1. The summed E-state index contributed by atoms with van der Waals surface area (Å²) >= 11 is 0. The van der Waals surface area contributed by atoms with Gasteiger partial charge in [-0.1, -0.05) is 32.1 Å². The summed E-state index contributed by atoms with van der Waals surface area (Å²) in [4.78, 5) is 0. The standard InChI is InChI=1S/C16H31NO/c17-15(8-4-9-16-10-5-13-18-16)12-11-14-6-2-1-3-7-14/h14-16H,1-13,17H2. The van der Waals surface area contributed by atoms with E-state index in [2.05, 4.69) is 0 Å². The van der Waals surface area contributed by atoms with Crippen LogP contribution in [0.3, 0.4) is 0 Å². The molecule has 0 aromatic heterocycles. The monoisotopic (exact) mass is 253 g/mol. The molecular formula is C16H31NO. The van der Waals surface area contributed by atoms with Gasteiger partial charge < -0.3 is 10.5 Å². The van der Waals surface area contributed by atoms with Crippen LogP contribution < -0.4 is 5.73 Å². The summed E-state index contributed by atoms with van der Waals surface area (Å²) in [5.41, 5.74) is 6.23. The Hall–Kier alpha value is -0.0800. The molecule has 2 fully saturated rings. The molecule has 2 unspecified atom stereocenters. The average Bonchev–Trinajstić information content (AvgIpc) is 2.91. The third-order valence-corrected chi connectivity index (χ3v) is 4.80. The van der Waals surface area contributed by atoms with Gasteiger partial charge in [-0.15, -0.1) is 0 Å². The second-order valence-corrected chi connectivity index (χ2v) is 6.41. The van der Waals surface area contributed by atoms with Gasteiger partial charge in [0.25, 0.3) is 0 Å². The van der Waals surface area contributed by atoms with Gasteiger partial charge in [-0.3, -0.25) is 0 Å². The molecule has 2 aliphatic rings. The van der Waals surface area contributed by atoms with E-state index >= 15 is 0 Å². The molecule has 0 aromatic carbocycles. The van der Waals surface area contributed by atoms with E-state index < -0.39 is 0 Å². The van der Waals surface area contributed by atoms with Crippen LogP contribution in [0.15, 0.2) is 0 Å². The molecule has 106 valence electrons. The maximum absolute atomic E-state index is 6.23. The summed E-state index contributed by atoms with van der Waals surface area (Å²) in [5, 5.41) is 0. The third kappa shape index (κ3) is 5.27. The Bertz CT molecular complexity index is 207. The Balaban J connectivity index is 1.47. The first-order valence-corrected chi connectivity index (χ1v) is 8.22. The molecule has 0 radical (unpaired) electrons. The van der Waals surface area contributed by atoms with Gasteiger partial charge >= 0.3 is 0 Å². The van der Waals surface area contributed by atoms with Crippen LogP contribution in [0, 0.1) is 5.92 Å². The predicted molar refractivity (Wildman–Crippen MR) is 76.6 cm³/mol. The van der Waals surface area contributed by atoms with Crippen molar-refractivity contribution in [3.05, 3.63) is 0 Å². The van der Waals surface area contributed by atoms with Crippen molar-refractivity contribution in [3.63, 3.8) is 0 Å². The maximum Gasteiger partial charge on any atom is 0.0576 e. The molecule has 0 spiro atoms. The molecule has 0 bridgehead atoms. The van der Waals surface area contributed by atoms with Crippen LogP contribution in [0.2, 0.25) is 0 Å². The summed E-state index contributed by atoms with van der Waals surface area (Å²) < 4.78 is 5.65. The van der Waals surface area contributed by atoms with Crippen molar-refractivity contribution >= 4 is 0 Å². The Morgan fingerprint density at radius 3 is 2.50 bits per heavy atom. The molecule has 2 atom stereocenters. The Morgan fingerprint density at radius 2 is 1.78 bits per heavy atom. The lowest BCUT2D eigenvalue weighted by Gasteiger charge is -2.23. The summed E-state index contributed by atoms with van der Waals surface area (Å²) in [7, 11) is 0. The maximum atomic E-state index is 6.23. The summed E-state index contributed by atoms with van der Waals surface area (Å²) in [5.74, 6) is 0.989. The smallest absolute Gasteiger partial charge is 0.0576 e. The highest BCUT2D eigenvalue weighted by Crippen LogP contribution is 2.28. The van der Waals surface area contributed by atoms with Gasteiger partial charge in [0.1, 0.15) is 0 Å². The van der Waals surface area contributed by atoms with Crippen molar-refractivity contribution in [2.75, 3.05) is 6.61 Å². The zero-order valence-corrected chi connectivity index (χ0v) is 11.9. The van der Waals surface area contributed by atoms with Crippen LogP contribution in [0.5, 0.6) is 0 Å². The zero-order chi connectivity index (χ0) is 12.6. The molecule has 1 saturated carbocycles. The quantitative estimate of drug-likeness (QED) is 0.743. The van der Waals surface area contributed by atoms with E-state index in [9.17, 15) is 0 Å². The molecule has 2 N–H and O–H groups in total. The molecular weight excluding hydrogens is 222 g/mol. The zero-order valence-electron chi connectivity index (χ0n) is 11.9. The van der Waals surface area contributed by atoms with Crippen LogP contribution in [0.1, 0.15) is 77.0 Å². The summed E-state index contributed by atoms with van der Waals surface area (Å²) in [6, 6.07) is 0.438. The van der Waals surface area contributed by atoms with E-state index in [-0.39, 0.29) is 0 Å². The number of ether oxygens (including phenoxy) is 1. The predicted octanol–water partition coefficient (Wildman–Crippen LogP) is 4.02. The lowest BCUT2D eigenvalue weighted by Crippen LogP contribution is -2.22. The van der Waals surface area contributed by atoms with Crippen LogP contribution in [-0.2, 0) is 4.74 Å². The van der Waals surface area contributed by atoms with Gasteiger partial charge in [0.2, 0.25) is 0 Å². The Kier molecular flexibility index (Phi) is 6.50. The first kappa shape index (κ1) is 14.3. The average molecular weight is 253 g/mol. The van der Waals surface area contributed by atoms with Crippen molar-refractivity contribution in [1.82, 2.24) is 0 Å². The highest BCUT2D eigenvalue weighted by Gasteiger charge is 2.17. The van der Waals surface area contributed by atoms with E-state index in [1.54, 1.807) is 0 Å². The molecule has 1 aliphatic heterocycles. The fourth-order valence-corrected chi connectivity index (χ4v) is 3.55. The third-order valence-electron chi connectivity index (χ3n) is 4.80. The number of nitrogens with two attached hydrogens (primary N) is 1. The number of hydrogen-bond donors (Lipinski definition) is 1. The summed E-state index contributed by atoms with van der Waals surface area (Å²) in [6.07, 6.45) is 16.7. The highest BCUT2D eigenvalue weighted by atomic mass is 16.5. The van der Waals surface area contributed by atoms with Gasteiger partial charge in [0, 0.05) is 12.6 Å². The molecule has 0 amide bonds. The minimum atomic E-state index is 0.438. The minimum Gasteiger partial charge on any atom is -0.378 e. The molecule has 2 heteroatoms. The van der Waals surface area contributed by atoms with Gasteiger partial charge in [-0.2, -0.15) is 0 Å². The van der Waals surface area contributed by atoms with Gasteiger partial charge in [-0.25, -0.2) is 0 Å². The van der Waals surface area contributed by atoms with Gasteiger partial charge in [0.05, 0.1) is 6.10 Å². The van der Waals surface area contributed by atoms with Crippen molar-refractivity contribution in [1.29, 1.82) is 0 Å². The van der Waals surface area contributed by atoms with Gasteiger partial charge in [-0.05, 0) is 50.9 Å². The van der Waals surface area contributed by atoms with E-state index in [4.69, 9.17) is 10.5 Å². The second kappa shape index (κ2) is 8.16. The van der Waals surface area contributed by atoms with Crippen LogP contribution in [0.25, 0.3) is 0 Å². The first-order chi connectivity index (χ1) is 8.84. The molecule has 1 aliphatic carbocycles. The highest BCUT2D eigenvalue weighted by molar-refractivity contribution is 4.71. The topological polar surface area (TPSA) is 35.2 Å². The van der Waals surface area contributed by atoms with E-state index in [0.29, 0.717) is 12.1 Å². The van der Waals surface area contributed by atoms with Crippen LogP contribution in [0.4, 0.5) is 0 Å².